The van der Waals surface area contributed by atoms with Crippen molar-refractivity contribution in [2.45, 2.75) is 12.8 Å². The highest BCUT2D eigenvalue weighted by Crippen LogP contribution is 2.19. The SMILES string of the molecule is Brc1cccnc1CC1CCNC1. The van der Waals surface area contributed by atoms with Gasteiger partial charge in [-0.05, 0) is 59.9 Å². The molecule has 1 saturated heterocycles. The summed E-state index contributed by atoms with van der Waals surface area (Å²) in [6, 6.07) is 4.02. The van der Waals surface area contributed by atoms with Crippen molar-refractivity contribution >= 4 is 15.9 Å². The van der Waals surface area contributed by atoms with Crippen molar-refractivity contribution in [3.8, 4) is 0 Å². The standard InChI is InChI=1S/C10H13BrN2/c11-9-2-1-4-13-10(9)6-8-3-5-12-7-8/h1-2,4,8,12H,3,5-7H2. The molecule has 1 aromatic heterocycles. The van der Waals surface area contributed by atoms with Gasteiger partial charge in [-0.25, -0.2) is 0 Å². The van der Waals surface area contributed by atoms with Crippen LogP contribution in [0, 0.1) is 5.92 Å². The molecule has 1 aliphatic rings. The Morgan fingerprint density at radius 1 is 1.62 bits per heavy atom. The third-order valence-electron chi connectivity index (χ3n) is 2.48. The highest BCUT2D eigenvalue weighted by atomic mass is 79.9. The van der Waals surface area contributed by atoms with Crippen LogP contribution in [0.5, 0.6) is 0 Å². The average molecular weight is 241 g/mol. The van der Waals surface area contributed by atoms with Crippen LogP contribution >= 0.6 is 15.9 Å². The van der Waals surface area contributed by atoms with Gasteiger partial charge in [0.1, 0.15) is 0 Å². The van der Waals surface area contributed by atoms with E-state index < -0.39 is 0 Å². The lowest BCUT2D eigenvalue weighted by Gasteiger charge is -2.08. The van der Waals surface area contributed by atoms with Crippen molar-refractivity contribution < 1.29 is 0 Å². The number of nitrogens with zero attached hydrogens (tertiary/aromatic N) is 1. The molecule has 1 aliphatic heterocycles. The van der Waals surface area contributed by atoms with E-state index in [0.717, 1.165) is 29.9 Å². The van der Waals surface area contributed by atoms with E-state index in [9.17, 15) is 0 Å². The molecule has 13 heavy (non-hydrogen) atoms. The lowest BCUT2D eigenvalue weighted by Crippen LogP contribution is -2.11. The molecule has 70 valence electrons. The van der Waals surface area contributed by atoms with Crippen molar-refractivity contribution in [2.75, 3.05) is 13.1 Å². The van der Waals surface area contributed by atoms with Gasteiger partial charge in [0, 0.05) is 10.7 Å². The van der Waals surface area contributed by atoms with Crippen LogP contribution in [-0.2, 0) is 6.42 Å². The number of halogens is 1. The van der Waals surface area contributed by atoms with Gasteiger partial charge in [0.2, 0.25) is 0 Å². The van der Waals surface area contributed by atoms with Crippen LogP contribution in [0.1, 0.15) is 12.1 Å². The molecule has 0 aromatic carbocycles. The summed E-state index contributed by atoms with van der Waals surface area (Å²) in [7, 11) is 0. The lowest BCUT2D eigenvalue weighted by atomic mass is 10.0. The third kappa shape index (κ3) is 2.29. The quantitative estimate of drug-likeness (QED) is 0.856. The molecular formula is C10H13BrN2. The Kier molecular flexibility index (Phi) is 2.96. The van der Waals surface area contributed by atoms with Gasteiger partial charge in [0.15, 0.2) is 0 Å². The molecule has 1 atom stereocenters. The second-order valence-corrected chi connectivity index (χ2v) is 4.35. The smallest absolute Gasteiger partial charge is 0.0548 e. The molecule has 3 heteroatoms. The van der Waals surface area contributed by atoms with E-state index in [2.05, 4.69) is 32.3 Å². The summed E-state index contributed by atoms with van der Waals surface area (Å²) in [6.07, 6.45) is 4.24. The zero-order chi connectivity index (χ0) is 9.10. The summed E-state index contributed by atoms with van der Waals surface area (Å²) < 4.78 is 1.14. The molecule has 2 heterocycles. The molecule has 1 aromatic rings. The van der Waals surface area contributed by atoms with Gasteiger partial charge in [-0.15, -0.1) is 0 Å². The van der Waals surface area contributed by atoms with Gasteiger partial charge in [0.05, 0.1) is 5.69 Å². The third-order valence-corrected chi connectivity index (χ3v) is 3.20. The summed E-state index contributed by atoms with van der Waals surface area (Å²) in [4.78, 5) is 4.37. The fourth-order valence-corrected chi connectivity index (χ4v) is 2.15. The minimum atomic E-state index is 0.770. The summed E-state index contributed by atoms with van der Waals surface area (Å²) in [5.74, 6) is 0.770. The average Bonchev–Trinajstić information content (AvgIpc) is 2.61. The fraction of sp³-hybridized carbons (Fsp3) is 0.500. The predicted octanol–water partition coefficient (Wildman–Crippen LogP) is 2.00. The molecular weight excluding hydrogens is 228 g/mol. The van der Waals surface area contributed by atoms with E-state index in [-0.39, 0.29) is 0 Å². The number of aromatic nitrogens is 1. The largest absolute Gasteiger partial charge is 0.316 e. The number of pyridine rings is 1. The Balaban J connectivity index is 2.04. The van der Waals surface area contributed by atoms with Crippen molar-refractivity contribution in [1.29, 1.82) is 0 Å². The van der Waals surface area contributed by atoms with Gasteiger partial charge in [-0.1, -0.05) is 0 Å². The second kappa shape index (κ2) is 4.20. The van der Waals surface area contributed by atoms with Crippen LogP contribution < -0.4 is 5.32 Å². The van der Waals surface area contributed by atoms with Crippen molar-refractivity contribution in [2.24, 2.45) is 5.92 Å². The normalized spacial score (nSPS) is 22.1. The van der Waals surface area contributed by atoms with Crippen LogP contribution in [0.25, 0.3) is 0 Å². The number of nitrogens with one attached hydrogen (secondary N) is 1. The van der Waals surface area contributed by atoms with Crippen molar-refractivity contribution in [1.82, 2.24) is 10.3 Å². The van der Waals surface area contributed by atoms with Gasteiger partial charge in [-0.3, -0.25) is 4.98 Å². The Morgan fingerprint density at radius 2 is 2.54 bits per heavy atom. The van der Waals surface area contributed by atoms with E-state index in [0.29, 0.717) is 0 Å². The van der Waals surface area contributed by atoms with E-state index in [1.165, 1.54) is 12.1 Å². The Morgan fingerprint density at radius 3 is 3.23 bits per heavy atom. The number of hydrogen-bond acceptors (Lipinski definition) is 2. The lowest BCUT2D eigenvalue weighted by molar-refractivity contribution is 0.570. The van der Waals surface area contributed by atoms with Crippen LogP contribution in [0.4, 0.5) is 0 Å². The van der Waals surface area contributed by atoms with Crippen LogP contribution in [-0.4, -0.2) is 18.1 Å². The summed E-state index contributed by atoms with van der Waals surface area (Å²) in [5.41, 5.74) is 1.19. The molecule has 0 saturated carbocycles. The second-order valence-electron chi connectivity index (χ2n) is 3.49. The first-order chi connectivity index (χ1) is 6.36. The summed E-state index contributed by atoms with van der Waals surface area (Å²) >= 11 is 3.52. The molecule has 0 bridgehead atoms. The van der Waals surface area contributed by atoms with Gasteiger partial charge >= 0.3 is 0 Å². The maximum Gasteiger partial charge on any atom is 0.0548 e. The highest BCUT2D eigenvalue weighted by molar-refractivity contribution is 9.10. The highest BCUT2D eigenvalue weighted by Gasteiger charge is 2.16. The predicted molar refractivity (Wildman–Crippen MR) is 56.6 cm³/mol. The molecule has 1 N–H and O–H groups in total. The summed E-state index contributed by atoms with van der Waals surface area (Å²) in [6.45, 7) is 2.30. The maximum absolute atomic E-state index is 4.37. The Bertz CT molecular complexity index is 282. The van der Waals surface area contributed by atoms with E-state index in [4.69, 9.17) is 0 Å². The first-order valence-electron chi connectivity index (χ1n) is 4.66. The zero-order valence-electron chi connectivity index (χ0n) is 7.46. The molecule has 0 spiro atoms. The molecule has 0 amide bonds. The topological polar surface area (TPSA) is 24.9 Å². The van der Waals surface area contributed by atoms with E-state index in [1.807, 2.05) is 12.3 Å². The molecule has 2 rings (SSSR count). The van der Waals surface area contributed by atoms with Gasteiger partial charge < -0.3 is 5.32 Å². The van der Waals surface area contributed by atoms with Crippen LogP contribution in [0.2, 0.25) is 0 Å². The van der Waals surface area contributed by atoms with Crippen molar-refractivity contribution in [3.05, 3.63) is 28.5 Å². The van der Waals surface area contributed by atoms with Gasteiger partial charge in [-0.2, -0.15) is 0 Å². The molecule has 0 aliphatic carbocycles. The molecule has 1 unspecified atom stereocenters. The van der Waals surface area contributed by atoms with E-state index >= 15 is 0 Å². The zero-order valence-corrected chi connectivity index (χ0v) is 9.05. The number of hydrogen-bond donors (Lipinski definition) is 1. The van der Waals surface area contributed by atoms with Crippen molar-refractivity contribution in [3.63, 3.8) is 0 Å². The Hall–Kier alpha value is -0.410. The first-order valence-corrected chi connectivity index (χ1v) is 5.45. The fourth-order valence-electron chi connectivity index (χ4n) is 1.73. The minimum absolute atomic E-state index is 0.770. The Labute approximate surface area is 86.9 Å². The van der Waals surface area contributed by atoms with Gasteiger partial charge in [0.25, 0.3) is 0 Å². The minimum Gasteiger partial charge on any atom is -0.316 e. The molecule has 0 radical (unpaired) electrons. The molecule has 2 nitrogen and oxygen atoms in total. The van der Waals surface area contributed by atoms with Crippen LogP contribution in [0.15, 0.2) is 22.8 Å². The number of rotatable bonds is 2. The summed E-state index contributed by atoms with van der Waals surface area (Å²) in [5, 5.41) is 3.37. The molecule has 1 fully saturated rings. The monoisotopic (exact) mass is 240 g/mol. The van der Waals surface area contributed by atoms with Crippen LogP contribution in [0.3, 0.4) is 0 Å². The van der Waals surface area contributed by atoms with E-state index in [1.54, 1.807) is 0 Å². The maximum atomic E-state index is 4.37. The first kappa shape index (κ1) is 9.16.